The fourth-order valence-electron chi connectivity index (χ4n) is 2.05. The van der Waals surface area contributed by atoms with Crippen molar-refractivity contribution in [2.24, 2.45) is 5.10 Å². The predicted octanol–water partition coefficient (Wildman–Crippen LogP) is 4.02. The molecule has 8 heteroatoms. The van der Waals surface area contributed by atoms with Crippen LogP contribution in [0.25, 0.3) is 0 Å². The van der Waals surface area contributed by atoms with Crippen molar-refractivity contribution in [3.8, 4) is 17.2 Å². The van der Waals surface area contributed by atoms with Crippen LogP contribution < -0.4 is 14.9 Å². The number of benzene rings is 2. The Morgan fingerprint density at radius 2 is 2.08 bits per heavy atom. The lowest BCUT2D eigenvalue weighted by molar-refractivity contribution is -0.121. The molecule has 0 radical (unpaired) electrons. The van der Waals surface area contributed by atoms with E-state index >= 15 is 0 Å². The number of methoxy groups -OCH3 is 1. The highest BCUT2D eigenvalue weighted by Crippen LogP contribution is 2.28. The van der Waals surface area contributed by atoms with Gasteiger partial charge < -0.3 is 14.6 Å². The van der Waals surface area contributed by atoms with Gasteiger partial charge in [-0.15, -0.1) is 0 Å². The Morgan fingerprint density at radius 3 is 2.81 bits per heavy atom. The molecule has 0 aliphatic rings. The van der Waals surface area contributed by atoms with Crippen molar-refractivity contribution in [3.63, 3.8) is 0 Å². The van der Waals surface area contributed by atoms with Crippen LogP contribution in [0.5, 0.6) is 17.2 Å². The summed E-state index contributed by atoms with van der Waals surface area (Å²) in [6.45, 7) is 0.329. The van der Waals surface area contributed by atoms with Gasteiger partial charge >= 0.3 is 0 Å². The number of carbonyl (C=O) groups excluding carboxylic acids is 1. The third-order valence-corrected chi connectivity index (χ3v) is 3.87. The second-order valence-electron chi connectivity index (χ2n) is 5.22. The molecule has 2 aromatic carbocycles. The van der Waals surface area contributed by atoms with E-state index in [9.17, 15) is 9.90 Å². The van der Waals surface area contributed by atoms with Crippen LogP contribution in [0.15, 0.2) is 41.5 Å². The molecule has 0 bridgehead atoms. The van der Waals surface area contributed by atoms with E-state index in [1.807, 2.05) is 0 Å². The van der Waals surface area contributed by atoms with Gasteiger partial charge in [0.15, 0.2) is 11.5 Å². The summed E-state index contributed by atoms with van der Waals surface area (Å²) < 4.78 is 10.5. The zero-order valence-electron chi connectivity index (χ0n) is 14.0. The maximum absolute atomic E-state index is 11.8. The molecule has 2 aromatic rings. The number of phenols is 1. The summed E-state index contributed by atoms with van der Waals surface area (Å²) in [6.07, 6.45) is 2.07. The smallest absolute Gasteiger partial charge is 0.240 e. The predicted molar refractivity (Wildman–Crippen MR) is 102 cm³/mol. The molecular weight excluding hydrogens is 379 g/mol. The van der Waals surface area contributed by atoms with E-state index < -0.39 is 0 Å². The summed E-state index contributed by atoms with van der Waals surface area (Å²) in [5.41, 5.74) is 2.83. The van der Waals surface area contributed by atoms with Crippen LogP contribution in [0, 0.1) is 0 Å². The molecule has 0 unspecified atom stereocenters. The highest BCUT2D eigenvalue weighted by atomic mass is 35.5. The van der Waals surface area contributed by atoms with Gasteiger partial charge in [0, 0.05) is 17.0 Å². The largest absolute Gasteiger partial charge is 0.504 e. The summed E-state index contributed by atoms with van der Waals surface area (Å²) in [7, 11) is 1.46. The van der Waals surface area contributed by atoms with E-state index in [1.165, 1.54) is 13.3 Å². The highest BCUT2D eigenvalue weighted by molar-refractivity contribution is 6.35. The van der Waals surface area contributed by atoms with Crippen LogP contribution in [0.1, 0.15) is 18.4 Å². The van der Waals surface area contributed by atoms with Gasteiger partial charge in [-0.05, 0) is 36.8 Å². The molecule has 138 valence electrons. The Labute approximate surface area is 161 Å². The Balaban J connectivity index is 1.74. The van der Waals surface area contributed by atoms with E-state index in [0.717, 1.165) is 0 Å². The molecule has 2 N–H and O–H groups in total. The van der Waals surface area contributed by atoms with Crippen molar-refractivity contribution in [1.82, 2.24) is 5.43 Å². The second kappa shape index (κ2) is 9.89. The Kier molecular flexibility index (Phi) is 7.56. The van der Waals surface area contributed by atoms with Crippen molar-refractivity contribution in [2.45, 2.75) is 12.8 Å². The number of hydrogen-bond donors (Lipinski definition) is 2. The lowest BCUT2D eigenvalue weighted by atomic mass is 10.2. The molecule has 0 atom stereocenters. The maximum atomic E-state index is 11.8. The average Bonchev–Trinajstić information content (AvgIpc) is 2.61. The lowest BCUT2D eigenvalue weighted by Crippen LogP contribution is -2.18. The molecule has 0 aromatic heterocycles. The summed E-state index contributed by atoms with van der Waals surface area (Å²) in [6, 6.07) is 9.93. The molecule has 0 saturated carbocycles. The summed E-state index contributed by atoms with van der Waals surface area (Å²) >= 11 is 11.8. The molecule has 26 heavy (non-hydrogen) atoms. The van der Waals surface area contributed by atoms with E-state index in [4.69, 9.17) is 32.7 Å². The number of hydrogen-bond acceptors (Lipinski definition) is 5. The molecule has 0 aliphatic heterocycles. The zero-order chi connectivity index (χ0) is 18.9. The first kappa shape index (κ1) is 19.9. The number of nitrogens with one attached hydrogen (secondary N) is 1. The zero-order valence-corrected chi connectivity index (χ0v) is 15.5. The number of carbonyl (C=O) groups is 1. The number of amides is 1. The third kappa shape index (κ3) is 5.82. The number of ether oxygens (including phenoxy) is 2. The van der Waals surface area contributed by atoms with Crippen molar-refractivity contribution < 1.29 is 19.4 Å². The number of rotatable bonds is 8. The van der Waals surface area contributed by atoms with Crippen LogP contribution in [-0.2, 0) is 4.79 Å². The van der Waals surface area contributed by atoms with Gasteiger partial charge in [0.1, 0.15) is 5.75 Å². The average molecular weight is 397 g/mol. The molecule has 0 aliphatic carbocycles. The summed E-state index contributed by atoms with van der Waals surface area (Å²) in [5, 5.41) is 14.7. The van der Waals surface area contributed by atoms with Gasteiger partial charge in [0.2, 0.25) is 5.91 Å². The third-order valence-electron chi connectivity index (χ3n) is 3.34. The van der Waals surface area contributed by atoms with Gasteiger partial charge in [-0.2, -0.15) is 5.10 Å². The van der Waals surface area contributed by atoms with Crippen molar-refractivity contribution in [2.75, 3.05) is 13.7 Å². The van der Waals surface area contributed by atoms with Crippen LogP contribution >= 0.6 is 23.2 Å². The number of hydrazone groups is 1. The minimum atomic E-state index is -0.269. The van der Waals surface area contributed by atoms with E-state index in [2.05, 4.69) is 10.5 Å². The van der Waals surface area contributed by atoms with Crippen LogP contribution in [0.2, 0.25) is 10.0 Å². The first-order valence-electron chi connectivity index (χ1n) is 7.77. The molecule has 6 nitrogen and oxygen atoms in total. The number of halogens is 2. The SMILES string of the molecule is COc1cccc(/C=N/NC(=O)CCCOc2ccc(Cl)cc2Cl)c1O. The van der Waals surface area contributed by atoms with Crippen molar-refractivity contribution in [3.05, 3.63) is 52.0 Å². The summed E-state index contributed by atoms with van der Waals surface area (Å²) in [4.78, 5) is 11.8. The van der Waals surface area contributed by atoms with Crippen molar-refractivity contribution >= 4 is 35.3 Å². The minimum Gasteiger partial charge on any atom is -0.504 e. The highest BCUT2D eigenvalue weighted by Gasteiger charge is 2.06. The standard InChI is InChI=1S/C18H18Cl2N2O4/c1-25-16-5-2-4-12(18(16)24)11-21-22-17(23)6-3-9-26-15-8-7-13(19)10-14(15)20/h2,4-5,7-8,10-11,24H,3,6,9H2,1H3,(H,22,23)/b21-11+. The lowest BCUT2D eigenvalue weighted by Gasteiger charge is -2.07. The van der Waals surface area contributed by atoms with Gasteiger partial charge in [0.05, 0.1) is 25.0 Å². The van der Waals surface area contributed by atoms with Crippen LogP contribution in [-0.4, -0.2) is 30.9 Å². The van der Waals surface area contributed by atoms with Crippen LogP contribution in [0.3, 0.4) is 0 Å². The monoisotopic (exact) mass is 396 g/mol. The molecular formula is C18H18Cl2N2O4. The topological polar surface area (TPSA) is 80.2 Å². The number of phenolic OH excluding ortho intramolecular Hbond substituents is 1. The minimum absolute atomic E-state index is 0.0405. The first-order valence-corrected chi connectivity index (χ1v) is 8.52. The van der Waals surface area contributed by atoms with E-state index in [1.54, 1.807) is 36.4 Å². The quantitative estimate of drug-likeness (QED) is 0.401. The van der Waals surface area contributed by atoms with Gasteiger partial charge in [-0.3, -0.25) is 4.79 Å². The molecule has 0 fully saturated rings. The van der Waals surface area contributed by atoms with Crippen molar-refractivity contribution in [1.29, 1.82) is 0 Å². The molecule has 1 amide bonds. The molecule has 0 heterocycles. The van der Waals surface area contributed by atoms with Crippen LogP contribution in [0.4, 0.5) is 0 Å². The maximum Gasteiger partial charge on any atom is 0.240 e. The Bertz CT molecular complexity index is 797. The van der Waals surface area contributed by atoms with E-state index in [0.29, 0.717) is 40.1 Å². The summed E-state index contributed by atoms with van der Waals surface area (Å²) in [5.74, 6) is 0.539. The normalized spacial score (nSPS) is 10.7. The number of para-hydroxylation sites is 1. The number of nitrogens with zero attached hydrogens (tertiary/aromatic N) is 1. The molecule has 0 spiro atoms. The van der Waals surface area contributed by atoms with Gasteiger partial charge in [-0.25, -0.2) is 5.43 Å². The Morgan fingerprint density at radius 1 is 1.27 bits per heavy atom. The second-order valence-corrected chi connectivity index (χ2v) is 6.06. The first-order chi connectivity index (χ1) is 12.5. The Hall–Kier alpha value is -2.44. The molecule has 0 saturated heterocycles. The molecule has 2 rings (SSSR count). The fourth-order valence-corrected chi connectivity index (χ4v) is 2.51. The van der Waals surface area contributed by atoms with Gasteiger partial charge in [-0.1, -0.05) is 29.3 Å². The van der Waals surface area contributed by atoms with E-state index in [-0.39, 0.29) is 18.1 Å². The van der Waals surface area contributed by atoms with Gasteiger partial charge in [0.25, 0.3) is 0 Å². The fraction of sp³-hybridized carbons (Fsp3) is 0.222. The number of aromatic hydroxyl groups is 1.